The van der Waals surface area contributed by atoms with Crippen LogP contribution in [0.25, 0.3) is 11.4 Å². The first kappa shape index (κ1) is 21.1. The summed E-state index contributed by atoms with van der Waals surface area (Å²) in [5.41, 5.74) is 2.84. The van der Waals surface area contributed by atoms with Crippen molar-refractivity contribution in [2.24, 2.45) is 0 Å². The molecular weight excluding hydrogens is 390 g/mol. The van der Waals surface area contributed by atoms with E-state index < -0.39 is 0 Å². The lowest BCUT2D eigenvalue weighted by molar-refractivity contribution is 0.0710. The molecule has 0 aliphatic carbocycles. The summed E-state index contributed by atoms with van der Waals surface area (Å²) in [6.07, 6.45) is 6.44. The summed E-state index contributed by atoms with van der Waals surface area (Å²) in [6, 6.07) is 15.4. The van der Waals surface area contributed by atoms with Gasteiger partial charge in [-0.25, -0.2) is 0 Å². The Morgan fingerprint density at radius 1 is 1.13 bits per heavy atom. The van der Waals surface area contributed by atoms with Gasteiger partial charge in [0.15, 0.2) is 0 Å². The maximum absolute atomic E-state index is 13.2. The number of nitrogens with zero attached hydrogens (tertiary/aromatic N) is 3. The summed E-state index contributed by atoms with van der Waals surface area (Å²) in [5.74, 6) is 1.81. The Bertz CT molecular complexity index is 996. The lowest BCUT2D eigenvalue weighted by atomic mass is 10.0. The van der Waals surface area contributed by atoms with E-state index in [0.717, 1.165) is 30.6 Å². The number of likely N-dealkylation sites (tertiary alicyclic amines) is 1. The van der Waals surface area contributed by atoms with E-state index in [0.29, 0.717) is 23.8 Å². The molecular formula is C25H29N3O3. The molecule has 1 aliphatic heterocycles. The SMILES string of the molecule is CCCCCc1ccc(C(=O)N2CCC[C@@H]2c2nc(-c3ccc(OC)cc3)no2)cc1. The van der Waals surface area contributed by atoms with Gasteiger partial charge in [-0.1, -0.05) is 37.1 Å². The van der Waals surface area contributed by atoms with Crippen molar-refractivity contribution in [1.82, 2.24) is 15.0 Å². The number of methoxy groups -OCH3 is 1. The maximum Gasteiger partial charge on any atom is 0.254 e. The zero-order valence-electron chi connectivity index (χ0n) is 18.2. The van der Waals surface area contributed by atoms with Crippen LogP contribution in [0.3, 0.4) is 0 Å². The van der Waals surface area contributed by atoms with Crippen molar-refractivity contribution in [3.8, 4) is 17.1 Å². The van der Waals surface area contributed by atoms with E-state index in [1.807, 2.05) is 41.3 Å². The van der Waals surface area contributed by atoms with E-state index in [1.54, 1.807) is 7.11 Å². The molecule has 162 valence electrons. The number of benzene rings is 2. The second kappa shape index (κ2) is 9.77. The largest absolute Gasteiger partial charge is 0.497 e. The Hall–Kier alpha value is -3.15. The topological polar surface area (TPSA) is 68.5 Å². The molecule has 2 aromatic carbocycles. The maximum atomic E-state index is 13.2. The molecule has 4 rings (SSSR count). The van der Waals surface area contributed by atoms with Crippen LogP contribution in [0.2, 0.25) is 0 Å². The zero-order valence-corrected chi connectivity index (χ0v) is 18.2. The smallest absolute Gasteiger partial charge is 0.254 e. The lowest BCUT2D eigenvalue weighted by Crippen LogP contribution is -2.30. The molecule has 1 saturated heterocycles. The lowest BCUT2D eigenvalue weighted by Gasteiger charge is -2.22. The van der Waals surface area contributed by atoms with Gasteiger partial charge in [-0.05, 0) is 67.6 Å². The number of unbranched alkanes of at least 4 members (excludes halogenated alkanes) is 2. The molecule has 3 aromatic rings. The van der Waals surface area contributed by atoms with Gasteiger partial charge >= 0.3 is 0 Å². The Balaban J connectivity index is 1.46. The van der Waals surface area contributed by atoms with Gasteiger partial charge in [0.2, 0.25) is 11.7 Å². The van der Waals surface area contributed by atoms with Crippen molar-refractivity contribution < 1.29 is 14.1 Å². The number of aromatic nitrogens is 2. The number of carbonyl (C=O) groups excluding carboxylic acids is 1. The molecule has 2 heterocycles. The van der Waals surface area contributed by atoms with Crippen molar-refractivity contribution in [3.05, 3.63) is 65.5 Å². The average molecular weight is 420 g/mol. The molecule has 1 amide bonds. The predicted molar refractivity (Wildman–Crippen MR) is 119 cm³/mol. The third-order valence-corrected chi connectivity index (χ3v) is 5.86. The van der Waals surface area contributed by atoms with E-state index in [-0.39, 0.29) is 11.9 Å². The van der Waals surface area contributed by atoms with Crippen molar-refractivity contribution in [2.45, 2.75) is 51.5 Å². The minimum atomic E-state index is -0.184. The van der Waals surface area contributed by atoms with E-state index in [1.165, 1.54) is 24.8 Å². The molecule has 0 N–H and O–H groups in total. The van der Waals surface area contributed by atoms with Crippen LogP contribution in [0.15, 0.2) is 53.1 Å². The highest BCUT2D eigenvalue weighted by atomic mass is 16.5. The normalized spacial score (nSPS) is 15.9. The Morgan fingerprint density at radius 2 is 1.90 bits per heavy atom. The first-order valence-electron chi connectivity index (χ1n) is 11.1. The number of amides is 1. The zero-order chi connectivity index (χ0) is 21.6. The summed E-state index contributed by atoms with van der Waals surface area (Å²) in [4.78, 5) is 19.6. The van der Waals surface area contributed by atoms with E-state index in [2.05, 4.69) is 29.2 Å². The second-order valence-corrected chi connectivity index (χ2v) is 8.00. The summed E-state index contributed by atoms with van der Waals surface area (Å²) in [5, 5.41) is 4.14. The van der Waals surface area contributed by atoms with Crippen LogP contribution < -0.4 is 4.74 Å². The number of hydrogen-bond acceptors (Lipinski definition) is 5. The van der Waals surface area contributed by atoms with Crippen LogP contribution in [-0.4, -0.2) is 34.6 Å². The van der Waals surface area contributed by atoms with Gasteiger partial charge in [-0.15, -0.1) is 0 Å². The van der Waals surface area contributed by atoms with Crippen LogP contribution in [0, 0.1) is 0 Å². The van der Waals surface area contributed by atoms with Gasteiger partial charge in [0.1, 0.15) is 11.8 Å². The molecule has 0 spiro atoms. The highest BCUT2D eigenvalue weighted by Gasteiger charge is 2.34. The molecule has 31 heavy (non-hydrogen) atoms. The Morgan fingerprint density at radius 3 is 2.61 bits per heavy atom. The van der Waals surface area contributed by atoms with E-state index >= 15 is 0 Å². The molecule has 1 aliphatic rings. The summed E-state index contributed by atoms with van der Waals surface area (Å²) >= 11 is 0. The van der Waals surface area contributed by atoms with E-state index in [9.17, 15) is 4.79 Å². The van der Waals surface area contributed by atoms with Crippen molar-refractivity contribution in [2.75, 3.05) is 13.7 Å². The first-order valence-corrected chi connectivity index (χ1v) is 11.1. The number of rotatable bonds is 8. The monoisotopic (exact) mass is 419 g/mol. The van der Waals surface area contributed by atoms with Crippen LogP contribution in [0.4, 0.5) is 0 Å². The molecule has 1 atom stereocenters. The molecule has 6 heteroatoms. The van der Waals surface area contributed by atoms with Crippen LogP contribution in [-0.2, 0) is 6.42 Å². The van der Waals surface area contributed by atoms with Crippen LogP contribution in [0.1, 0.15) is 66.9 Å². The van der Waals surface area contributed by atoms with Gasteiger partial charge in [-0.2, -0.15) is 4.98 Å². The molecule has 0 unspecified atom stereocenters. The van der Waals surface area contributed by atoms with Gasteiger partial charge < -0.3 is 14.2 Å². The van der Waals surface area contributed by atoms with Gasteiger partial charge in [-0.3, -0.25) is 4.79 Å². The van der Waals surface area contributed by atoms with Crippen molar-refractivity contribution in [1.29, 1.82) is 0 Å². The standard InChI is InChI=1S/C25H29N3O3/c1-3-4-5-7-18-9-11-20(12-10-18)25(29)28-17-6-8-22(28)24-26-23(27-31-24)19-13-15-21(30-2)16-14-19/h9-16,22H,3-8,17H2,1-2H3/t22-/m1/s1. The van der Waals surface area contributed by atoms with Gasteiger partial charge in [0.05, 0.1) is 7.11 Å². The Kier molecular flexibility index (Phi) is 6.65. The van der Waals surface area contributed by atoms with Gasteiger partial charge in [0, 0.05) is 17.7 Å². The number of ether oxygens (including phenoxy) is 1. The van der Waals surface area contributed by atoms with E-state index in [4.69, 9.17) is 9.26 Å². The fraction of sp³-hybridized carbons (Fsp3) is 0.400. The van der Waals surface area contributed by atoms with Gasteiger partial charge in [0.25, 0.3) is 5.91 Å². The average Bonchev–Trinajstić information content (AvgIpc) is 3.49. The quantitative estimate of drug-likeness (QED) is 0.454. The van der Waals surface area contributed by atoms with Crippen molar-refractivity contribution in [3.63, 3.8) is 0 Å². The third kappa shape index (κ3) is 4.79. The highest BCUT2D eigenvalue weighted by Crippen LogP contribution is 2.33. The molecule has 6 nitrogen and oxygen atoms in total. The molecule has 0 saturated carbocycles. The number of carbonyl (C=O) groups is 1. The summed E-state index contributed by atoms with van der Waals surface area (Å²) < 4.78 is 10.8. The number of hydrogen-bond donors (Lipinski definition) is 0. The first-order chi connectivity index (χ1) is 15.2. The fourth-order valence-corrected chi connectivity index (χ4v) is 4.05. The number of aryl methyl sites for hydroxylation is 1. The van der Waals surface area contributed by atoms with Crippen LogP contribution in [0.5, 0.6) is 5.75 Å². The van der Waals surface area contributed by atoms with Crippen LogP contribution >= 0.6 is 0 Å². The predicted octanol–water partition coefficient (Wildman–Crippen LogP) is 5.46. The highest BCUT2D eigenvalue weighted by molar-refractivity contribution is 5.94. The Labute approximate surface area is 183 Å². The van der Waals surface area contributed by atoms with Crippen molar-refractivity contribution >= 4 is 5.91 Å². The molecule has 1 aromatic heterocycles. The minimum absolute atomic E-state index is 0.0202. The molecule has 0 bridgehead atoms. The molecule has 0 radical (unpaired) electrons. The third-order valence-electron chi connectivity index (χ3n) is 5.86. The summed E-state index contributed by atoms with van der Waals surface area (Å²) in [6.45, 7) is 2.90. The summed E-state index contributed by atoms with van der Waals surface area (Å²) in [7, 11) is 1.63. The fourth-order valence-electron chi connectivity index (χ4n) is 4.05. The minimum Gasteiger partial charge on any atom is -0.497 e. The second-order valence-electron chi connectivity index (χ2n) is 8.00. The molecule has 1 fully saturated rings.